The highest BCUT2D eigenvalue weighted by Gasteiger charge is 2.21. The second kappa shape index (κ2) is 7.72. The summed E-state index contributed by atoms with van der Waals surface area (Å²) < 4.78 is 26.6. The van der Waals surface area contributed by atoms with Crippen LogP contribution in [0.3, 0.4) is 0 Å². The van der Waals surface area contributed by atoms with Crippen molar-refractivity contribution >= 4 is 33.1 Å². The molecule has 0 bridgehead atoms. The van der Waals surface area contributed by atoms with E-state index in [1.54, 1.807) is 35.4 Å². The van der Waals surface area contributed by atoms with Crippen molar-refractivity contribution in [1.29, 1.82) is 0 Å². The van der Waals surface area contributed by atoms with Crippen molar-refractivity contribution in [3.63, 3.8) is 0 Å². The lowest BCUT2D eigenvalue weighted by Crippen LogP contribution is -2.26. The average Bonchev–Trinajstić information content (AvgIpc) is 2.59. The van der Waals surface area contributed by atoms with E-state index in [1.165, 1.54) is 37.4 Å². The number of anilines is 1. The van der Waals surface area contributed by atoms with Crippen LogP contribution >= 0.6 is 11.6 Å². The maximum absolute atomic E-state index is 12.7. The van der Waals surface area contributed by atoms with E-state index in [0.29, 0.717) is 16.3 Å². The van der Waals surface area contributed by atoms with Crippen LogP contribution in [0, 0.1) is 0 Å². The van der Waals surface area contributed by atoms with E-state index in [0.717, 1.165) is 4.31 Å². The zero-order chi connectivity index (χ0) is 18.6. The van der Waals surface area contributed by atoms with Crippen molar-refractivity contribution in [3.05, 3.63) is 71.4 Å². The Labute approximate surface area is 153 Å². The number of allylic oxidation sites excluding steroid dienone is 1. The number of nitrogens with zero attached hydrogens (tertiary/aromatic N) is 2. The first kappa shape index (κ1) is 19.0. The van der Waals surface area contributed by atoms with Gasteiger partial charge in [-0.1, -0.05) is 23.7 Å². The first-order valence-electron chi connectivity index (χ1n) is 7.45. The Kier molecular flexibility index (Phi) is 5.87. The maximum Gasteiger partial charge on any atom is 0.264 e. The van der Waals surface area contributed by atoms with Crippen molar-refractivity contribution in [1.82, 2.24) is 4.90 Å². The molecule has 7 heteroatoms. The van der Waals surface area contributed by atoms with E-state index in [4.69, 9.17) is 11.6 Å². The van der Waals surface area contributed by atoms with Gasteiger partial charge in [0.1, 0.15) is 0 Å². The van der Waals surface area contributed by atoms with Gasteiger partial charge >= 0.3 is 0 Å². The van der Waals surface area contributed by atoms with E-state index >= 15 is 0 Å². The van der Waals surface area contributed by atoms with Crippen molar-refractivity contribution in [3.8, 4) is 0 Å². The Bertz CT molecular complexity index is 891. The molecule has 0 unspecified atom stereocenters. The molecule has 2 aromatic rings. The molecule has 0 atom stereocenters. The Balaban J connectivity index is 2.33. The summed E-state index contributed by atoms with van der Waals surface area (Å²) in [4.78, 5) is 14.1. The molecule has 2 aromatic carbocycles. The van der Waals surface area contributed by atoms with E-state index < -0.39 is 10.0 Å². The van der Waals surface area contributed by atoms with E-state index in [-0.39, 0.29) is 10.7 Å². The smallest absolute Gasteiger partial charge is 0.264 e. The molecular formula is C18H19ClN2O3S. The van der Waals surface area contributed by atoms with Gasteiger partial charge in [0.25, 0.3) is 10.0 Å². The minimum Gasteiger partial charge on any atom is -0.383 e. The van der Waals surface area contributed by atoms with Gasteiger partial charge in [0.05, 0.1) is 10.6 Å². The molecule has 2 rings (SSSR count). The number of sulfonamides is 1. The predicted octanol–water partition coefficient (Wildman–Crippen LogP) is 3.42. The van der Waals surface area contributed by atoms with Crippen LogP contribution in [0.5, 0.6) is 0 Å². The summed E-state index contributed by atoms with van der Waals surface area (Å²) in [6, 6.07) is 12.4. The number of hydrogen-bond donors (Lipinski definition) is 0. The van der Waals surface area contributed by atoms with Crippen molar-refractivity contribution in [2.24, 2.45) is 0 Å². The number of carbonyl (C=O) groups is 1. The minimum atomic E-state index is -3.74. The first-order valence-corrected chi connectivity index (χ1v) is 9.27. The van der Waals surface area contributed by atoms with Crippen LogP contribution in [0.1, 0.15) is 10.4 Å². The van der Waals surface area contributed by atoms with E-state index in [1.807, 2.05) is 14.1 Å². The van der Waals surface area contributed by atoms with Gasteiger partial charge in [-0.25, -0.2) is 8.42 Å². The summed E-state index contributed by atoms with van der Waals surface area (Å²) in [5.74, 6) is -0.201. The standard InChI is InChI=1S/C18H19ClN2O3S/c1-20(2)12-11-18(22)14-5-4-6-16(13-14)21(3)25(23,24)17-9-7-15(19)8-10-17/h4-13H,1-3H3. The van der Waals surface area contributed by atoms with Crippen molar-refractivity contribution in [2.75, 3.05) is 25.4 Å². The monoisotopic (exact) mass is 378 g/mol. The Morgan fingerprint density at radius 2 is 1.68 bits per heavy atom. The van der Waals surface area contributed by atoms with Crippen LogP contribution in [-0.4, -0.2) is 40.2 Å². The fourth-order valence-electron chi connectivity index (χ4n) is 2.07. The van der Waals surface area contributed by atoms with Gasteiger partial charge in [0.2, 0.25) is 0 Å². The number of halogens is 1. The quantitative estimate of drug-likeness (QED) is 0.571. The molecule has 0 aliphatic carbocycles. The average molecular weight is 379 g/mol. The summed E-state index contributed by atoms with van der Waals surface area (Å²) in [5.41, 5.74) is 0.813. The molecule has 0 spiro atoms. The minimum absolute atomic E-state index is 0.128. The van der Waals surface area contributed by atoms with Gasteiger partial charge in [0, 0.05) is 44.0 Å². The van der Waals surface area contributed by atoms with Gasteiger partial charge in [0.15, 0.2) is 5.78 Å². The van der Waals surface area contributed by atoms with Crippen LogP contribution in [0.2, 0.25) is 5.02 Å². The zero-order valence-electron chi connectivity index (χ0n) is 14.2. The molecule has 0 saturated heterocycles. The summed E-state index contributed by atoms with van der Waals surface area (Å²) in [5, 5.41) is 0.460. The maximum atomic E-state index is 12.7. The number of rotatable bonds is 6. The van der Waals surface area contributed by atoms with Gasteiger partial charge in [-0.2, -0.15) is 0 Å². The fraction of sp³-hybridized carbons (Fsp3) is 0.167. The number of benzene rings is 2. The Hall–Kier alpha value is -2.31. The number of carbonyl (C=O) groups excluding carboxylic acids is 1. The lowest BCUT2D eigenvalue weighted by molar-refractivity contribution is 0.104. The molecule has 0 N–H and O–H groups in total. The molecule has 0 aliphatic rings. The second-order valence-corrected chi connectivity index (χ2v) is 8.03. The van der Waals surface area contributed by atoms with Crippen LogP contribution in [0.4, 0.5) is 5.69 Å². The summed E-state index contributed by atoms with van der Waals surface area (Å²) in [6.45, 7) is 0. The molecular weight excluding hydrogens is 360 g/mol. The third-order valence-electron chi connectivity index (χ3n) is 3.49. The van der Waals surface area contributed by atoms with Gasteiger partial charge in [-0.15, -0.1) is 0 Å². The molecule has 132 valence electrons. The highest BCUT2D eigenvalue weighted by Crippen LogP contribution is 2.24. The highest BCUT2D eigenvalue weighted by molar-refractivity contribution is 7.92. The van der Waals surface area contributed by atoms with Crippen LogP contribution < -0.4 is 4.31 Å². The number of ketones is 1. The number of hydrogen-bond acceptors (Lipinski definition) is 4. The normalized spacial score (nSPS) is 11.5. The molecule has 0 saturated carbocycles. The second-order valence-electron chi connectivity index (χ2n) is 5.62. The third kappa shape index (κ3) is 4.61. The molecule has 0 radical (unpaired) electrons. The molecule has 0 aromatic heterocycles. The Morgan fingerprint density at radius 3 is 2.28 bits per heavy atom. The largest absolute Gasteiger partial charge is 0.383 e. The van der Waals surface area contributed by atoms with Crippen molar-refractivity contribution < 1.29 is 13.2 Å². The van der Waals surface area contributed by atoms with E-state index in [2.05, 4.69) is 0 Å². The molecule has 0 fully saturated rings. The SMILES string of the molecule is CN(C)C=CC(=O)c1cccc(N(C)S(=O)(=O)c2ccc(Cl)cc2)c1. The third-order valence-corrected chi connectivity index (χ3v) is 5.54. The molecule has 0 heterocycles. The molecule has 25 heavy (non-hydrogen) atoms. The van der Waals surface area contributed by atoms with Crippen molar-refractivity contribution in [2.45, 2.75) is 4.90 Å². The van der Waals surface area contributed by atoms with Crippen LogP contribution in [0.15, 0.2) is 65.7 Å². The van der Waals surface area contributed by atoms with E-state index in [9.17, 15) is 13.2 Å². The Morgan fingerprint density at radius 1 is 1.04 bits per heavy atom. The van der Waals surface area contributed by atoms with Gasteiger partial charge in [-0.05, 0) is 36.4 Å². The van der Waals surface area contributed by atoms with Gasteiger partial charge in [-0.3, -0.25) is 9.10 Å². The summed E-state index contributed by atoms with van der Waals surface area (Å²) in [6.07, 6.45) is 3.08. The lowest BCUT2D eigenvalue weighted by atomic mass is 10.1. The summed E-state index contributed by atoms with van der Waals surface area (Å²) in [7, 11) is 1.33. The highest BCUT2D eigenvalue weighted by atomic mass is 35.5. The van der Waals surface area contributed by atoms with Crippen LogP contribution in [-0.2, 0) is 10.0 Å². The predicted molar refractivity (Wildman–Crippen MR) is 101 cm³/mol. The lowest BCUT2D eigenvalue weighted by Gasteiger charge is -2.20. The summed E-state index contributed by atoms with van der Waals surface area (Å²) >= 11 is 5.81. The zero-order valence-corrected chi connectivity index (χ0v) is 15.8. The van der Waals surface area contributed by atoms with Gasteiger partial charge < -0.3 is 4.90 Å². The molecule has 5 nitrogen and oxygen atoms in total. The van der Waals surface area contributed by atoms with Crippen LogP contribution in [0.25, 0.3) is 0 Å². The molecule has 0 aliphatic heterocycles. The molecule has 0 amide bonds. The topological polar surface area (TPSA) is 57.7 Å². The first-order chi connectivity index (χ1) is 11.7. The fourth-order valence-corrected chi connectivity index (χ4v) is 3.38.